The van der Waals surface area contributed by atoms with Crippen LogP contribution in [0.4, 0.5) is 4.79 Å². The molecule has 5 atom stereocenters. The fourth-order valence-electron chi connectivity index (χ4n) is 6.14. The summed E-state index contributed by atoms with van der Waals surface area (Å²) in [6, 6.07) is 11.6. The van der Waals surface area contributed by atoms with Gasteiger partial charge in [0.1, 0.15) is 24.2 Å². The quantitative estimate of drug-likeness (QED) is 0.117. The molecule has 0 saturated heterocycles. The molecule has 0 spiro atoms. The van der Waals surface area contributed by atoms with Crippen LogP contribution in [0.15, 0.2) is 46.9 Å². The molecular weight excluding hydrogens is 747 g/mol. The van der Waals surface area contributed by atoms with Gasteiger partial charge in [0.05, 0.1) is 5.52 Å². The van der Waals surface area contributed by atoms with Gasteiger partial charge in [-0.2, -0.15) is 0 Å². The number of fused-ring (bicyclic) bond motifs is 3. The van der Waals surface area contributed by atoms with Crippen molar-refractivity contribution in [2.45, 2.75) is 91.0 Å². The second kappa shape index (κ2) is 15.3. The molecule has 2 aromatic carbocycles. The normalized spacial score (nSPS) is 18.3. The number of benzene rings is 2. The van der Waals surface area contributed by atoms with E-state index in [9.17, 15) is 14.4 Å². The van der Waals surface area contributed by atoms with E-state index < -0.39 is 29.6 Å². The summed E-state index contributed by atoms with van der Waals surface area (Å²) in [7, 11) is 0. The third-order valence-corrected chi connectivity index (χ3v) is 10.5. The molecule has 0 radical (unpaired) electrons. The lowest BCUT2D eigenvalue weighted by atomic mass is 9.78. The van der Waals surface area contributed by atoms with Crippen molar-refractivity contribution in [2.75, 3.05) is 0 Å². The topological polar surface area (TPSA) is 151 Å². The minimum absolute atomic E-state index is 0.0388. The predicted molar refractivity (Wildman–Crippen MR) is 191 cm³/mol. The maximum atomic E-state index is 14.6. The Morgan fingerprint density at radius 1 is 1.08 bits per heavy atom. The van der Waals surface area contributed by atoms with E-state index in [1.165, 1.54) is 0 Å². The molecule has 1 aliphatic carbocycles. The van der Waals surface area contributed by atoms with Crippen LogP contribution >= 0.6 is 34.2 Å². The minimum Gasteiger partial charge on any atom is -0.445 e. The van der Waals surface area contributed by atoms with Crippen LogP contribution in [0.1, 0.15) is 81.6 Å². The average Bonchev–Trinajstić information content (AvgIpc) is 3.67. The molecule has 2 aromatic heterocycles. The third kappa shape index (κ3) is 7.80. The van der Waals surface area contributed by atoms with Crippen LogP contribution in [0.5, 0.6) is 0 Å². The Labute approximate surface area is 298 Å². The molecule has 2 unspecified atom stereocenters. The Kier molecular flexibility index (Phi) is 11.3. The number of nitrogens with zero attached hydrogens (tertiary/aromatic N) is 2. The fourth-order valence-corrected chi connectivity index (χ4v) is 7.30. The van der Waals surface area contributed by atoms with Crippen LogP contribution < -0.4 is 16.0 Å². The summed E-state index contributed by atoms with van der Waals surface area (Å²) in [5, 5.41) is 18.8. The van der Waals surface area contributed by atoms with Crippen LogP contribution in [-0.4, -0.2) is 44.7 Å². The number of aromatic nitrogens is 3. The number of halogens is 2. The molecule has 1 aliphatic rings. The highest BCUT2D eigenvalue weighted by molar-refractivity contribution is 14.1. The van der Waals surface area contributed by atoms with Crippen molar-refractivity contribution in [2.24, 2.45) is 11.8 Å². The van der Waals surface area contributed by atoms with Gasteiger partial charge in [-0.15, -0.1) is 10.2 Å². The zero-order valence-corrected chi connectivity index (χ0v) is 30.7. The number of hydrogen-bond donors (Lipinski definition) is 4. The number of aryl methyl sites for hydroxylation is 2. The molecule has 5 rings (SSSR count). The second-order valence-electron chi connectivity index (χ2n) is 12.7. The number of H-pyrrole nitrogens is 1. The van der Waals surface area contributed by atoms with Gasteiger partial charge in [0.15, 0.2) is 0 Å². The number of aromatic amines is 1. The molecule has 256 valence electrons. The highest BCUT2D eigenvalue weighted by atomic mass is 127. The van der Waals surface area contributed by atoms with E-state index in [0.29, 0.717) is 36.1 Å². The van der Waals surface area contributed by atoms with Gasteiger partial charge in [0, 0.05) is 33.0 Å². The van der Waals surface area contributed by atoms with Crippen LogP contribution in [0.2, 0.25) is 5.02 Å². The van der Waals surface area contributed by atoms with E-state index in [1.54, 1.807) is 6.92 Å². The van der Waals surface area contributed by atoms with E-state index in [-0.39, 0.29) is 30.8 Å². The summed E-state index contributed by atoms with van der Waals surface area (Å²) >= 11 is 8.74. The highest BCUT2D eigenvalue weighted by Gasteiger charge is 2.47. The highest BCUT2D eigenvalue weighted by Crippen LogP contribution is 2.38. The maximum absolute atomic E-state index is 14.6. The molecule has 13 heteroatoms. The number of hydrogen-bond acceptors (Lipinski definition) is 7. The molecule has 48 heavy (non-hydrogen) atoms. The average molecular weight is 789 g/mol. The van der Waals surface area contributed by atoms with Gasteiger partial charge in [0.2, 0.25) is 23.6 Å². The number of amides is 3. The lowest BCUT2D eigenvalue weighted by Gasteiger charge is -2.39. The molecule has 0 aliphatic heterocycles. The van der Waals surface area contributed by atoms with Gasteiger partial charge in [-0.05, 0) is 70.5 Å². The zero-order valence-electron chi connectivity index (χ0n) is 27.8. The molecule has 3 amide bonds. The summed E-state index contributed by atoms with van der Waals surface area (Å²) in [6.07, 6.45) is 1.65. The van der Waals surface area contributed by atoms with Crippen molar-refractivity contribution in [1.29, 1.82) is 0 Å². The van der Waals surface area contributed by atoms with Crippen LogP contribution in [-0.2, 0) is 33.8 Å². The maximum Gasteiger partial charge on any atom is 0.408 e. The SMILES string of the molecule is CCC(C)[C@H](NC(=O)OCc1ccccc1)C(=O)N[C@@]1(C(=O)N[C@H](c2nnc(C)o2)C(C)CC)CCc2[nH]c3c(I)cc(Cl)cc3c2C1. The summed E-state index contributed by atoms with van der Waals surface area (Å²) in [5.74, 6) is -0.435. The first-order chi connectivity index (χ1) is 22.9. The Bertz CT molecular complexity index is 1780. The number of alkyl carbamates (subject to hydrolysis) is 1. The first-order valence-corrected chi connectivity index (χ1v) is 17.8. The van der Waals surface area contributed by atoms with E-state index in [1.807, 2.05) is 70.2 Å². The first-order valence-electron chi connectivity index (χ1n) is 16.3. The van der Waals surface area contributed by atoms with Crippen LogP contribution in [0.3, 0.4) is 0 Å². The molecule has 2 heterocycles. The number of carbonyl (C=O) groups is 3. The molecular formula is C35H42ClIN6O5. The van der Waals surface area contributed by atoms with Gasteiger partial charge in [-0.25, -0.2) is 4.79 Å². The van der Waals surface area contributed by atoms with Gasteiger partial charge in [0.25, 0.3) is 0 Å². The van der Waals surface area contributed by atoms with Crippen molar-refractivity contribution in [1.82, 2.24) is 31.1 Å². The largest absolute Gasteiger partial charge is 0.445 e. The number of ether oxygens (including phenoxy) is 1. The summed E-state index contributed by atoms with van der Waals surface area (Å²) in [5.41, 5.74) is 2.30. The van der Waals surface area contributed by atoms with Crippen molar-refractivity contribution >= 4 is 63.0 Å². The zero-order chi connectivity index (χ0) is 34.6. The van der Waals surface area contributed by atoms with E-state index in [2.05, 4.69) is 53.7 Å². The Hall–Kier alpha value is -3.65. The molecule has 11 nitrogen and oxygen atoms in total. The molecule has 0 fully saturated rings. The van der Waals surface area contributed by atoms with Gasteiger partial charge in [-0.1, -0.05) is 82.5 Å². The molecule has 0 saturated carbocycles. The first kappa shape index (κ1) is 35.7. The van der Waals surface area contributed by atoms with Crippen LogP contribution in [0.25, 0.3) is 10.9 Å². The van der Waals surface area contributed by atoms with E-state index in [4.69, 9.17) is 20.8 Å². The summed E-state index contributed by atoms with van der Waals surface area (Å²) < 4.78 is 12.2. The van der Waals surface area contributed by atoms with Crippen molar-refractivity contribution in [3.8, 4) is 0 Å². The lowest BCUT2D eigenvalue weighted by molar-refractivity contribution is -0.136. The summed E-state index contributed by atoms with van der Waals surface area (Å²) in [6.45, 7) is 9.61. The fraction of sp³-hybridized carbons (Fsp3) is 0.457. The lowest BCUT2D eigenvalue weighted by Crippen LogP contribution is -2.65. The third-order valence-electron chi connectivity index (χ3n) is 9.39. The van der Waals surface area contributed by atoms with E-state index in [0.717, 1.165) is 37.7 Å². The second-order valence-corrected chi connectivity index (χ2v) is 14.3. The van der Waals surface area contributed by atoms with Crippen molar-refractivity contribution in [3.63, 3.8) is 0 Å². The Morgan fingerprint density at radius 3 is 2.48 bits per heavy atom. The van der Waals surface area contributed by atoms with Gasteiger partial charge >= 0.3 is 6.09 Å². The number of carbonyl (C=O) groups excluding carboxylic acids is 3. The van der Waals surface area contributed by atoms with Gasteiger partial charge < -0.3 is 30.1 Å². The van der Waals surface area contributed by atoms with Crippen molar-refractivity contribution < 1.29 is 23.5 Å². The molecule has 4 aromatic rings. The Morgan fingerprint density at radius 2 is 1.81 bits per heavy atom. The monoisotopic (exact) mass is 788 g/mol. The molecule has 0 bridgehead atoms. The minimum atomic E-state index is -1.37. The Balaban J connectivity index is 1.47. The number of nitrogens with one attached hydrogen (secondary N) is 4. The summed E-state index contributed by atoms with van der Waals surface area (Å²) in [4.78, 5) is 45.4. The smallest absolute Gasteiger partial charge is 0.408 e. The molecule has 4 N–H and O–H groups in total. The standard InChI is InChI=1S/C35H42ClIN6O5/c1-6-19(3)28(40-34(46)47-18-22-11-9-8-10-12-22)31(44)41-35(33(45)39-29(20(4)7-2)32-43-42-21(5)48-32)14-13-27-25(17-35)24-15-23(36)16-26(37)30(24)38-27/h8-12,15-16,19-20,28-29,38H,6-7,13-14,17-18H2,1-5H3,(H,39,45)(H,40,46)(H,41,44)/t19?,20?,28-,29-,35-/m0/s1. The number of rotatable bonds is 12. The van der Waals surface area contributed by atoms with Gasteiger partial charge in [-0.3, -0.25) is 9.59 Å². The van der Waals surface area contributed by atoms with E-state index >= 15 is 0 Å². The van der Waals surface area contributed by atoms with Crippen LogP contribution in [0, 0.1) is 22.3 Å². The van der Waals surface area contributed by atoms with Crippen molar-refractivity contribution in [3.05, 3.63) is 79.7 Å². The predicted octanol–water partition coefficient (Wildman–Crippen LogP) is 6.71.